The summed E-state index contributed by atoms with van der Waals surface area (Å²) in [6.45, 7) is 5.70. The van der Waals surface area contributed by atoms with E-state index < -0.39 is 5.97 Å². The maximum Gasteiger partial charge on any atom is 0.308 e. The molecule has 102 valence electrons. The Morgan fingerprint density at radius 1 is 1.06 bits per heavy atom. The van der Waals surface area contributed by atoms with Gasteiger partial charge in [0.2, 0.25) is 0 Å². The highest BCUT2D eigenvalue weighted by atomic mass is 16.4. The van der Waals surface area contributed by atoms with E-state index in [0.29, 0.717) is 6.04 Å². The summed E-state index contributed by atoms with van der Waals surface area (Å²) < 4.78 is 0. The van der Waals surface area contributed by atoms with Crippen molar-refractivity contribution in [3.05, 3.63) is 0 Å². The van der Waals surface area contributed by atoms with Crippen LogP contribution in [0.5, 0.6) is 0 Å². The molecule has 4 nitrogen and oxygen atoms in total. The Morgan fingerprint density at radius 3 is 2.39 bits per heavy atom. The molecular formula is C14H24N2O2. The van der Waals surface area contributed by atoms with Gasteiger partial charge in [0.15, 0.2) is 0 Å². The molecule has 0 radical (unpaired) electrons. The van der Waals surface area contributed by atoms with Crippen LogP contribution < -0.4 is 0 Å². The molecule has 1 N–H and O–H groups in total. The van der Waals surface area contributed by atoms with Gasteiger partial charge in [0.05, 0.1) is 5.92 Å². The zero-order valence-corrected chi connectivity index (χ0v) is 11.1. The van der Waals surface area contributed by atoms with E-state index in [1.165, 1.54) is 19.4 Å². The van der Waals surface area contributed by atoms with Crippen LogP contribution >= 0.6 is 0 Å². The number of piperazine rings is 1. The van der Waals surface area contributed by atoms with Crippen LogP contribution in [0.3, 0.4) is 0 Å². The Bertz CT molecular complexity index is 309. The minimum Gasteiger partial charge on any atom is -0.481 e. The molecule has 0 aromatic carbocycles. The van der Waals surface area contributed by atoms with E-state index in [0.717, 1.165) is 51.4 Å². The van der Waals surface area contributed by atoms with Crippen molar-refractivity contribution in [3.8, 4) is 0 Å². The Hall–Kier alpha value is -0.610. The number of carbonyl (C=O) groups is 1. The summed E-state index contributed by atoms with van der Waals surface area (Å²) in [6.07, 6.45) is 5.89. The summed E-state index contributed by atoms with van der Waals surface area (Å²) in [6, 6.07) is 0.311. The third-order valence-corrected chi connectivity index (χ3v) is 4.89. The van der Waals surface area contributed by atoms with Crippen molar-refractivity contribution in [2.24, 2.45) is 11.8 Å². The second kappa shape index (κ2) is 5.17. The van der Waals surface area contributed by atoms with Crippen LogP contribution in [0.25, 0.3) is 0 Å². The molecule has 0 bridgehead atoms. The number of carboxylic acids is 1. The predicted octanol–water partition coefficient (Wildman–Crippen LogP) is 1.27. The highest BCUT2D eigenvalue weighted by Crippen LogP contribution is 2.32. The quantitative estimate of drug-likeness (QED) is 0.818. The fourth-order valence-electron chi connectivity index (χ4n) is 3.61. The van der Waals surface area contributed by atoms with Crippen LogP contribution in [-0.2, 0) is 4.79 Å². The van der Waals surface area contributed by atoms with E-state index in [4.69, 9.17) is 0 Å². The molecule has 2 atom stereocenters. The summed E-state index contributed by atoms with van der Waals surface area (Å²) in [5, 5.41) is 9.26. The fraction of sp³-hybridized carbons (Fsp3) is 0.929. The second-order valence-electron chi connectivity index (χ2n) is 6.22. The first-order chi connectivity index (χ1) is 8.74. The van der Waals surface area contributed by atoms with Gasteiger partial charge in [-0.25, -0.2) is 0 Å². The van der Waals surface area contributed by atoms with Gasteiger partial charge in [-0.15, -0.1) is 0 Å². The number of nitrogens with zero attached hydrogens (tertiary/aromatic N) is 2. The van der Waals surface area contributed by atoms with E-state index in [9.17, 15) is 9.90 Å². The molecule has 1 saturated heterocycles. The number of hydrogen-bond acceptors (Lipinski definition) is 3. The maximum absolute atomic E-state index is 11.2. The molecule has 3 fully saturated rings. The number of aliphatic carboxylic acids is 1. The summed E-state index contributed by atoms with van der Waals surface area (Å²) in [4.78, 5) is 16.2. The lowest BCUT2D eigenvalue weighted by Gasteiger charge is -2.39. The first-order valence-corrected chi connectivity index (χ1v) is 7.43. The van der Waals surface area contributed by atoms with E-state index in [2.05, 4.69) is 9.80 Å². The lowest BCUT2D eigenvalue weighted by Crippen LogP contribution is -2.52. The van der Waals surface area contributed by atoms with Crippen LogP contribution in [0.15, 0.2) is 0 Å². The molecule has 2 saturated carbocycles. The van der Waals surface area contributed by atoms with Crippen LogP contribution in [0.1, 0.15) is 32.1 Å². The zero-order chi connectivity index (χ0) is 12.5. The first-order valence-electron chi connectivity index (χ1n) is 7.43. The van der Waals surface area contributed by atoms with Gasteiger partial charge in [0.25, 0.3) is 0 Å². The van der Waals surface area contributed by atoms with Crippen molar-refractivity contribution in [3.63, 3.8) is 0 Å². The maximum atomic E-state index is 11.2. The Balaban J connectivity index is 1.50. The number of carboxylic acid groups (broad SMARTS) is 1. The van der Waals surface area contributed by atoms with Crippen molar-refractivity contribution in [2.75, 3.05) is 32.7 Å². The topological polar surface area (TPSA) is 43.8 Å². The minimum atomic E-state index is -0.585. The van der Waals surface area contributed by atoms with Gasteiger partial charge >= 0.3 is 5.97 Å². The van der Waals surface area contributed by atoms with Crippen LogP contribution in [0.2, 0.25) is 0 Å². The molecule has 0 aromatic rings. The van der Waals surface area contributed by atoms with E-state index in [-0.39, 0.29) is 5.92 Å². The largest absolute Gasteiger partial charge is 0.481 e. The molecule has 0 amide bonds. The molecule has 4 heteroatoms. The van der Waals surface area contributed by atoms with Crippen LogP contribution in [0, 0.1) is 11.8 Å². The minimum absolute atomic E-state index is 0.111. The van der Waals surface area contributed by atoms with Gasteiger partial charge in [0.1, 0.15) is 0 Å². The monoisotopic (exact) mass is 252 g/mol. The highest BCUT2D eigenvalue weighted by Gasteiger charge is 2.38. The molecule has 1 heterocycles. The Labute approximate surface area is 109 Å². The van der Waals surface area contributed by atoms with E-state index >= 15 is 0 Å². The lowest BCUT2D eigenvalue weighted by molar-refractivity contribution is -0.143. The van der Waals surface area contributed by atoms with E-state index in [1.54, 1.807) is 0 Å². The van der Waals surface area contributed by atoms with E-state index in [1.807, 2.05) is 0 Å². The molecule has 2 unspecified atom stereocenters. The highest BCUT2D eigenvalue weighted by molar-refractivity contribution is 5.71. The molecule has 1 aliphatic heterocycles. The van der Waals surface area contributed by atoms with Crippen molar-refractivity contribution < 1.29 is 9.90 Å². The molecular weight excluding hydrogens is 228 g/mol. The molecule has 3 aliphatic rings. The fourth-order valence-corrected chi connectivity index (χ4v) is 3.61. The molecule has 0 aromatic heterocycles. The van der Waals surface area contributed by atoms with Gasteiger partial charge < -0.3 is 10.0 Å². The number of rotatable bonds is 4. The smallest absolute Gasteiger partial charge is 0.308 e. The Kier molecular flexibility index (Phi) is 3.57. The third-order valence-electron chi connectivity index (χ3n) is 4.89. The SMILES string of the molecule is O=C(O)C1CCCC1N1CCN(CC2CC2)CC1. The van der Waals surface area contributed by atoms with Gasteiger partial charge in [0, 0.05) is 38.8 Å². The average molecular weight is 252 g/mol. The molecule has 0 spiro atoms. The molecule has 2 aliphatic carbocycles. The number of hydrogen-bond donors (Lipinski definition) is 1. The molecule has 18 heavy (non-hydrogen) atoms. The summed E-state index contributed by atoms with van der Waals surface area (Å²) in [5.74, 6) is 0.271. The molecule has 3 rings (SSSR count). The van der Waals surface area contributed by atoms with Gasteiger partial charge in [-0.05, 0) is 31.6 Å². The second-order valence-corrected chi connectivity index (χ2v) is 6.22. The van der Waals surface area contributed by atoms with Gasteiger partial charge in [-0.1, -0.05) is 6.42 Å². The van der Waals surface area contributed by atoms with Gasteiger partial charge in [-0.2, -0.15) is 0 Å². The third kappa shape index (κ3) is 2.69. The predicted molar refractivity (Wildman–Crippen MR) is 69.5 cm³/mol. The van der Waals surface area contributed by atoms with Gasteiger partial charge in [-0.3, -0.25) is 9.69 Å². The van der Waals surface area contributed by atoms with Crippen molar-refractivity contribution in [2.45, 2.75) is 38.1 Å². The van der Waals surface area contributed by atoms with Crippen molar-refractivity contribution in [1.29, 1.82) is 0 Å². The van der Waals surface area contributed by atoms with Crippen LogP contribution in [0.4, 0.5) is 0 Å². The first kappa shape index (κ1) is 12.4. The normalized spacial score (nSPS) is 34.9. The summed E-state index contributed by atoms with van der Waals surface area (Å²) in [5.41, 5.74) is 0. The standard InChI is InChI=1S/C14H24N2O2/c17-14(18)12-2-1-3-13(12)16-8-6-15(7-9-16)10-11-4-5-11/h11-13H,1-10H2,(H,17,18). The zero-order valence-electron chi connectivity index (χ0n) is 11.1. The van der Waals surface area contributed by atoms with Crippen molar-refractivity contribution >= 4 is 5.97 Å². The van der Waals surface area contributed by atoms with Crippen molar-refractivity contribution in [1.82, 2.24) is 9.80 Å². The lowest BCUT2D eigenvalue weighted by atomic mass is 10.0. The Morgan fingerprint density at radius 2 is 1.78 bits per heavy atom. The van der Waals surface area contributed by atoms with Crippen LogP contribution in [-0.4, -0.2) is 59.6 Å². The average Bonchev–Trinajstić information content (AvgIpc) is 3.04. The summed E-state index contributed by atoms with van der Waals surface area (Å²) in [7, 11) is 0. The summed E-state index contributed by atoms with van der Waals surface area (Å²) >= 11 is 0.